The molecule has 0 aromatic heterocycles. The fraction of sp³-hybridized carbons (Fsp3) is 1.00. The molecule has 0 saturated carbocycles. The fourth-order valence-electron chi connectivity index (χ4n) is 3.21. The lowest BCUT2D eigenvalue weighted by Crippen LogP contribution is -2.55. The molecule has 0 radical (unpaired) electrons. The molecule has 2 heterocycles. The molecule has 0 spiro atoms. The van der Waals surface area contributed by atoms with Gasteiger partial charge in [0.25, 0.3) is 10.2 Å². The van der Waals surface area contributed by atoms with Crippen molar-refractivity contribution >= 4 is 10.2 Å². The van der Waals surface area contributed by atoms with E-state index in [0.29, 0.717) is 25.7 Å². The molecule has 2 fully saturated rings. The first kappa shape index (κ1) is 17.1. The van der Waals surface area contributed by atoms with Crippen LogP contribution >= 0.6 is 0 Å². The zero-order valence-corrected chi connectivity index (χ0v) is 14.2. The van der Waals surface area contributed by atoms with Crippen molar-refractivity contribution in [1.82, 2.24) is 18.8 Å². The van der Waals surface area contributed by atoms with Gasteiger partial charge in [-0.25, -0.2) is 0 Å². The van der Waals surface area contributed by atoms with Crippen molar-refractivity contribution in [2.24, 2.45) is 0 Å². The summed E-state index contributed by atoms with van der Waals surface area (Å²) in [5, 5.41) is 3.31. The number of piperazine rings is 1. The van der Waals surface area contributed by atoms with Gasteiger partial charge in [0, 0.05) is 39.3 Å². The van der Waals surface area contributed by atoms with Crippen molar-refractivity contribution in [2.75, 3.05) is 52.9 Å². The van der Waals surface area contributed by atoms with E-state index in [1.54, 1.807) is 11.4 Å². The lowest BCUT2D eigenvalue weighted by molar-refractivity contribution is 0.153. The van der Waals surface area contributed by atoms with Gasteiger partial charge in [-0.2, -0.15) is 17.0 Å². The van der Waals surface area contributed by atoms with E-state index in [-0.39, 0.29) is 0 Å². The Morgan fingerprint density at radius 1 is 1.24 bits per heavy atom. The van der Waals surface area contributed by atoms with Gasteiger partial charge in [-0.05, 0) is 45.3 Å². The number of rotatable bonds is 8. The molecule has 0 amide bonds. The highest BCUT2D eigenvalue weighted by molar-refractivity contribution is 7.86. The van der Waals surface area contributed by atoms with Crippen LogP contribution in [0.1, 0.15) is 32.6 Å². The summed E-state index contributed by atoms with van der Waals surface area (Å²) in [7, 11) is -1.58. The van der Waals surface area contributed by atoms with Gasteiger partial charge in [0.15, 0.2) is 0 Å². The Kier molecular flexibility index (Phi) is 6.43. The van der Waals surface area contributed by atoms with Crippen LogP contribution in [-0.2, 0) is 10.2 Å². The van der Waals surface area contributed by atoms with Crippen LogP contribution in [0.2, 0.25) is 0 Å². The van der Waals surface area contributed by atoms with Gasteiger partial charge in [0.05, 0.1) is 0 Å². The molecule has 2 saturated heterocycles. The van der Waals surface area contributed by atoms with E-state index in [2.05, 4.69) is 17.1 Å². The fourth-order valence-corrected chi connectivity index (χ4v) is 4.64. The molecule has 2 aliphatic heterocycles. The molecule has 0 bridgehead atoms. The third kappa shape index (κ3) is 4.39. The van der Waals surface area contributed by atoms with E-state index in [0.717, 1.165) is 45.4 Å². The zero-order chi connectivity index (χ0) is 15.3. The minimum atomic E-state index is -3.28. The van der Waals surface area contributed by atoms with Crippen LogP contribution in [0.25, 0.3) is 0 Å². The van der Waals surface area contributed by atoms with Crippen LogP contribution in [0.5, 0.6) is 0 Å². The van der Waals surface area contributed by atoms with Crippen molar-refractivity contribution in [3.8, 4) is 0 Å². The summed E-state index contributed by atoms with van der Waals surface area (Å²) in [6.07, 6.45) is 4.31. The zero-order valence-electron chi connectivity index (χ0n) is 13.4. The Hall–Kier alpha value is -0.210. The molecule has 2 aliphatic rings. The molecule has 1 atom stereocenters. The Morgan fingerprint density at radius 2 is 2.05 bits per heavy atom. The predicted molar refractivity (Wildman–Crippen MR) is 85.5 cm³/mol. The maximum Gasteiger partial charge on any atom is 0.281 e. The quantitative estimate of drug-likeness (QED) is 0.656. The van der Waals surface area contributed by atoms with E-state index in [4.69, 9.17) is 0 Å². The second-order valence-electron chi connectivity index (χ2n) is 6.12. The van der Waals surface area contributed by atoms with Crippen LogP contribution in [-0.4, -0.2) is 80.8 Å². The number of hydrogen-bond acceptors (Lipinski definition) is 4. The smallest absolute Gasteiger partial charge is 0.281 e. The minimum Gasteiger partial charge on any atom is -0.317 e. The number of hydrogen-bond donors (Lipinski definition) is 1. The highest BCUT2D eigenvalue weighted by Crippen LogP contribution is 2.23. The molecule has 0 aromatic carbocycles. The van der Waals surface area contributed by atoms with E-state index >= 15 is 0 Å². The third-order valence-electron chi connectivity index (χ3n) is 4.52. The summed E-state index contributed by atoms with van der Waals surface area (Å²) >= 11 is 0. The van der Waals surface area contributed by atoms with Gasteiger partial charge in [-0.1, -0.05) is 6.92 Å². The Labute approximate surface area is 129 Å². The van der Waals surface area contributed by atoms with Crippen molar-refractivity contribution in [1.29, 1.82) is 0 Å². The number of nitrogens with zero attached hydrogens (tertiary/aromatic N) is 3. The van der Waals surface area contributed by atoms with Crippen molar-refractivity contribution in [3.05, 3.63) is 0 Å². The molecule has 124 valence electrons. The molecular weight excluding hydrogens is 288 g/mol. The van der Waals surface area contributed by atoms with Gasteiger partial charge < -0.3 is 5.32 Å². The van der Waals surface area contributed by atoms with Crippen molar-refractivity contribution < 1.29 is 8.42 Å². The predicted octanol–water partition coefficient (Wildman–Crippen LogP) is 0.333. The van der Waals surface area contributed by atoms with Crippen LogP contribution < -0.4 is 5.32 Å². The Balaban J connectivity index is 1.80. The van der Waals surface area contributed by atoms with E-state index < -0.39 is 10.2 Å². The van der Waals surface area contributed by atoms with Crippen molar-refractivity contribution in [2.45, 2.75) is 38.6 Å². The summed E-state index contributed by atoms with van der Waals surface area (Å²) in [5.74, 6) is 0. The highest BCUT2D eigenvalue weighted by atomic mass is 32.2. The second kappa shape index (κ2) is 7.87. The average Bonchev–Trinajstić information content (AvgIpc) is 2.94. The first-order chi connectivity index (χ1) is 10.1. The van der Waals surface area contributed by atoms with Gasteiger partial charge in [-0.3, -0.25) is 4.90 Å². The van der Waals surface area contributed by atoms with Gasteiger partial charge in [-0.15, -0.1) is 0 Å². The first-order valence-electron chi connectivity index (χ1n) is 8.22. The lowest BCUT2D eigenvalue weighted by Gasteiger charge is -2.38. The standard InChI is InChI=1S/C14H30N4O2S/c1-3-7-15-8-5-9-16(2)21(19,20)18-12-11-17-10-4-6-14(17)13-18/h14-15H,3-13H2,1-2H3. The summed E-state index contributed by atoms with van der Waals surface area (Å²) in [6.45, 7) is 7.92. The molecule has 0 aliphatic carbocycles. The highest BCUT2D eigenvalue weighted by Gasteiger charge is 2.36. The topological polar surface area (TPSA) is 55.9 Å². The van der Waals surface area contributed by atoms with Crippen molar-refractivity contribution in [3.63, 3.8) is 0 Å². The minimum absolute atomic E-state index is 0.438. The first-order valence-corrected chi connectivity index (χ1v) is 9.61. The number of nitrogens with one attached hydrogen (secondary N) is 1. The van der Waals surface area contributed by atoms with Crippen LogP contribution in [0.15, 0.2) is 0 Å². The molecule has 6 nitrogen and oxygen atoms in total. The van der Waals surface area contributed by atoms with E-state index in [9.17, 15) is 8.42 Å². The SMILES string of the molecule is CCCNCCCN(C)S(=O)(=O)N1CCN2CCCC2C1. The number of fused-ring (bicyclic) bond motifs is 1. The van der Waals surface area contributed by atoms with Gasteiger partial charge in [0.1, 0.15) is 0 Å². The molecule has 1 N–H and O–H groups in total. The molecular formula is C14H30N4O2S. The normalized spacial score (nSPS) is 24.6. The van der Waals surface area contributed by atoms with Crippen LogP contribution in [0.3, 0.4) is 0 Å². The molecule has 0 aromatic rings. The molecule has 7 heteroatoms. The maximum absolute atomic E-state index is 12.6. The van der Waals surface area contributed by atoms with Crippen LogP contribution in [0, 0.1) is 0 Å². The summed E-state index contributed by atoms with van der Waals surface area (Å²) in [4.78, 5) is 2.43. The Morgan fingerprint density at radius 3 is 2.81 bits per heavy atom. The summed E-state index contributed by atoms with van der Waals surface area (Å²) < 4.78 is 28.4. The van der Waals surface area contributed by atoms with Gasteiger partial charge >= 0.3 is 0 Å². The summed E-state index contributed by atoms with van der Waals surface area (Å²) in [5.41, 5.74) is 0. The van der Waals surface area contributed by atoms with Crippen LogP contribution in [0.4, 0.5) is 0 Å². The lowest BCUT2D eigenvalue weighted by atomic mass is 10.2. The average molecular weight is 318 g/mol. The van der Waals surface area contributed by atoms with E-state index in [1.165, 1.54) is 10.7 Å². The van der Waals surface area contributed by atoms with E-state index in [1.807, 2.05) is 0 Å². The third-order valence-corrected chi connectivity index (χ3v) is 6.48. The summed E-state index contributed by atoms with van der Waals surface area (Å²) in [6, 6.07) is 0.438. The second-order valence-corrected chi connectivity index (χ2v) is 8.16. The maximum atomic E-state index is 12.6. The monoisotopic (exact) mass is 318 g/mol. The molecule has 21 heavy (non-hydrogen) atoms. The Bertz CT molecular complexity index is 415. The largest absolute Gasteiger partial charge is 0.317 e. The van der Waals surface area contributed by atoms with Gasteiger partial charge in [0.2, 0.25) is 0 Å². The molecule has 2 rings (SSSR count). The molecule has 1 unspecified atom stereocenters.